The molecule has 0 unspecified atom stereocenters. The van der Waals surface area contributed by atoms with Gasteiger partial charge in [0.1, 0.15) is 0 Å². The van der Waals surface area contributed by atoms with Crippen LogP contribution in [0.5, 0.6) is 0 Å². The first-order chi connectivity index (χ1) is 3.42. The molecule has 9 heavy (non-hydrogen) atoms. The van der Waals surface area contributed by atoms with Crippen molar-refractivity contribution in [3.8, 4) is 0 Å². The Bertz CT molecular complexity index is 134. The number of hydrogen-bond acceptors (Lipinski definition) is 3. The van der Waals surface area contributed by atoms with Gasteiger partial charge in [-0.2, -0.15) is 0 Å². The third-order valence-electron chi connectivity index (χ3n) is 0.247. The van der Waals surface area contributed by atoms with Crippen LogP contribution in [0.4, 0.5) is 0 Å². The van der Waals surface area contributed by atoms with E-state index < -0.39 is 13.8 Å². The molecule has 0 rings (SSSR count). The van der Waals surface area contributed by atoms with Crippen molar-refractivity contribution in [2.45, 2.75) is 6.92 Å². The molecule has 0 saturated heterocycles. The van der Waals surface area contributed by atoms with Gasteiger partial charge in [0, 0.05) is 6.92 Å². The topological polar surface area (TPSA) is 115 Å². The second kappa shape index (κ2) is 3.58. The average molecular weight is 158 g/mol. The second-order valence-corrected chi connectivity index (χ2v) is 2.24. The number of carbonyl (C=O) groups excluding carboxylic acids is 1. The molecule has 56 valence electrons. The van der Waals surface area contributed by atoms with Gasteiger partial charge >= 0.3 is 13.8 Å². The highest BCUT2D eigenvalue weighted by Gasteiger charge is 2.16. The maximum Gasteiger partial charge on any atom is 0.526 e. The molecular formula is C2H7O6P. The van der Waals surface area contributed by atoms with E-state index in [1.54, 1.807) is 0 Å². The number of rotatable bonds is 1. The lowest BCUT2D eigenvalue weighted by Crippen LogP contribution is -1.94. The van der Waals surface area contributed by atoms with Crippen LogP contribution in [0.2, 0.25) is 0 Å². The molecular weight excluding hydrogens is 151 g/mol. The minimum atomic E-state index is -4.57. The molecule has 6 nitrogen and oxygen atoms in total. The quantitative estimate of drug-likeness (QED) is 0.466. The van der Waals surface area contributed by atoms with Crippen molar-refractivity contribution < 1.29 is 29.1 Å². The van der Waals surface area contributed by atoms with Crippen molar-refractivity contribution in [2.24, 2.45) is 0 Å². The maximum absolute atomic E-state index is 9.74. The predicted octanol–water partition coefficient (Wildman–Crippen LogP) is -1.18. The first-order valence-electron chi connectivity index (χ1n) is 1.67. The molecule has 0 fully saturated rings. The van der Waals surface area contributed by atoms with E-state index in [-0.39, 0.29) is 5.48 Å². The van der Waals surface area contributed by atoms with Crippen molar-refractivity contribution in [2.75, 3.05) is 0 Å². The van der Waals surface area contributed by atoms with Gasteiger partial charge in [0.15, 0.2) is 0 Å². The average Bonchev–Trinajstić information content (AvgIpc) is 1.21. The lowest BCUT2D eigenvalue weighted by molar-refractivity contribution is -0.133. The fourth-order valence-corrected chi connectivity index (χ4v) is 0.502. The summed E-state index contributed by atoms with van der Waals surface area (Å²) in [5, 5.41) is 0. The molecule has 4 N–H and O–H groups in total. The van der Waals surface area contributed by atoms with Gasteiger partial charge < -0.3 is 10.00 Å². The molecule has 0 aromatic heterocycles. The summed E-state index contributed by atoms with van der Waals surface area (Å²) >= 11 is 0. The van der Waals surface area contributed by atoms with Crippen LogP contribution in [0.25, 0.3) is 0 Å². The zero-order valence-electron chi connectivity index (χ0n) is 4.57. The van der Waals surface area contributed by atoms with Crippen molar-refractivity contribution in [1.82, 2.24) is 0 Å². The normalized spacial score (nSPS) is 9.67. The van der Waals surface area contributed by atoms with E-state index in [9.17, 15) is 9.36 Å². The molecule has 0 aromatic rings. The SMILES string of the molecule is CC(=O)OP(=O)(O)O.O. The van der Waals surface area contributed by atoms with Gasteiger partial charge in [0.2, 0.25) is 0 Å². The zero-order valence-corrected chi connectivity index (χ0v) is 5.46. The Morgan fingerprint density at radius 3 is 1.89 bits per heavy atom. The van der Waals surface area contributed by atoms with E-state index in [0.29, 0.717) is 0 Å². The van der Waals surface area contributed by atoms with Gasteiger partial charge in [0.25, 0.3) is 0 Å². The van der Waals surface area contributed by atoms with E-state index in [0.717, 1.165) is 6.92 Å². The standard InChI is InChI=1S/C2H5O5P.H2O/c1-2(3)7-8(4,5)6;/h1H3,(H2,4,5,6);1H2. The van der Waals surface area contributed by atoms with E-state index in [4.69, 9.17) is 9.79 Å². The summed E-state index contributed by atoms with van der Waals surface area (Å²) in [6.07, 6.45) is 0. The molecule has 0 aliphatic carbocycles. The second-order valence-electron chi connectivity index (χ2n) is 1.07. The minimum absolute atomic E-state index is 0. The first kappa shape index (κ1) is 11.4. The van der Waals surface area contributed by atoms with Crippen LogP contribution in [-0.2, 0) is 13.9 Å². The van der Waals surface area contributed by atoms with Crippen LogP contribution in [0, 0.1) is 0 Å². The van der Waals surface area contributed by atoms with Gasteiger partial charge in [-0.1, -0.05) is 0 Å². The lowest BCUT2D eigenvalue weighted by atomic mass is 10.9. The lowest BCUT2D eigenvalue weighted by Gasteiger charge is -1.98. The van der Waals surface area contributed by atoms with Crippen molar-refractivity contribution in [3.63, 3.8) is 0 Å². The summed E-state index contributed by atoms with van der Waals surface area (Å²) in [6, 6.07) is 0. The Balaban J connectivity index is 0. The number of phosphoric acid groups is 1. The third-order valence-corrected chi connectivity index (χ3v) is 0.742. The summed E-state index contributed by atoms with van der Waals surface area (Å²) < 4.78 is 13.2. The molecule has 0 bridgehead atoms. The zero-order chi connectivity index (χ0) is 6.78. The Morgan fingerprint density at radius 2 is 1.89 bits per heavy atom. The Hall–Kier alpha value is -0.420. The van der Waals surface area contributed by atoms with E-state index in [1.165, 1.54) is 0 Å². The highest BCUT2D eigenvalue weighted by Crippen LogP contribution is 2.35. The molecule has 0 heterocycles. The molecule has 7 heteroatoms. The monoisotopic (exact) mass is 158 g/mol. The van der Waals surface area contributed by atoms with E-state index in [1.807, 2.05) is 0 Å². The van der Waals surface area contributed by atoms with Gasteiger partial charge in [-0.15, -0.1) is 0 Å². The number of carbonyl (C=O) groups is 1. The Kier molecular flexibility index (Phi) is 4.52. The van der Waals surface area contributed by atoms with Crippen LogP contribution >= 0.6 is 7.82 Å². The molecule has 0 aromatic carbocycles. The van der Waals surface area contributed by atoms with Gasteiger partial charge in [-0.3, -0.25) is 14.6 Å². The molecule has 0 spiro atoms. The molecule has 0 aliphatic heterocycles. The van der Waals surface area contributed by atoms with Crippen LogP contribution < -0.4 is 0 Å². The van der Waals surface area contributed by atoms with Gasteiger partial charge in [0.05, 0.1) is 0 Å². The maximum atomic E-state index is 9.74. The molecule has 0 radical (unpaired) electrons. The van der Waals surface area contributed by atoms with Crippen molar-refractivity contribution >= 4 is 13.8 Å². The largest absolute Gasteiger partial charge is 0.526 e. The number of hydrogen-bond donors (Lipinski definition) is 2. The summed E-state index contributed by atoms with van der Waals surface area (Å²) in [7, 11) is -4.57. The predicted molar refractivity (Wildman–Crippen MR) is 27.4 cm³/mol. The van der Waals surface area contributed by atoms with Crippen LogP contribution in [0.3, 0.4) is 0 Å². The van der Waals surface area contributed by atoms with E-state index in [2.05, 4.69) is 4.52 Å². The third kappa shape index (κ3) is 11.3. The first-order valence-corrected chi connectivity index (χ1v) is 3.20. The smallest absolute Gasteiger partial charge is 0.412 e. The Labute approximate surface area is 51.0 Å². The van der Waals surface area contributed by atoms with Crippen molar-refractivity contribution in [3.05, 3.63) is 0 Å². The van der Waals surface area contributed by atoms with E-state index >= 15 is 0 Å². The molecule has 0 amide bonds. The fourth-order valence-electron chi connectivity index (χ4n) is 0.167. The number of phosphoric ester groups is 1. The highest BCUT2D eigenvalue weighted by atomic mass is 31.2. The summed E-state index contributed by atoms with van der Waals surface area (Å²) in [5.41, 5.74) is 0. The highest BCUT2D eigenvalue weighted by molar-refractivity contribution is 7.46. The van der Waals surface area contributed by atoms with Gasteiger partial charge in [-0.25, -0.2) is 4.57 Å². The minimum Gasteiger partial charge on any atom is -0.412 e. The molecule has 0 aliphatic rings. The Morgan fingerprint density at radius 1 is 1.56 bits per heavy atom. The van der Waals surface area contributed by atoms with Crippen molar-refractivity contribution in [1.29, 1.82) is 0 Å². The fraction of sp³-hybridized carbons (Fsp3) is 0.500. The van der Waals surface area contributed by atoms with Crippen LogP contribution in [0.1, 0.15) is 6.92 Å². The van der Waals surface area contributed by atoms with Crippen LogP contribution in [0.15, 0.2) is 0 Å². The summed E-state index contributed by atoms with van der Waals surface area (Å²) in [5.74, 6) is -0.988. The molecule has 0 atom stereocenters. The summed E-state index contributed by atoms with van der Waals surface area (Å²) in [6.45, 7) is 0.916. The van der Waals surface area contributed by atoms with Crippen LogP contribution in [-0.4, -0.2) is 21.2 Å². The molecule has 0 saturated carbocycles. The van der Waals surface area contributed by atoms with Gasteiger partial charge in [-0.05, 0) is 0 Å². The summed E-state index contributed by atoms with van der Waals surface area (Å²) in [4.78, 5) is 25.5.